The van der Waals surface area contributed by atoms with E-state index in [4.69, 9.17) is 5.73 Å². The fourth-order valence-electron chi connectivity index (χ4n) is 1.83. The number of nitrogens with two attached hydrogens (primary N) is 1. The minimum Gasteiger partial charge on any atom is -0.324 e. The number of rotatable bonds is 3. The van der Waals surface area contributed by atoms with Gasteiger partial charge in [-0.2, -0.15) is 5.10 Å². The van der Waals surface area contributed by atoms with Crippen LogP contribution in [0.3, 0.4) is 0 Å². The lowest BCUT2D eigenvalue weighted by atomic mass is 10.3. The molecule has 0 aliphatic heterocycles. The van der Waals surface area contributed by atoms with Crippen LogP contribution in [-0.2, 0) is 6.54 Å². The van der Waals surface area contributed by atoms with Gasteiger partial charge in [-0.15, -0.1) is 0 Å². The maximum Gasteiger partial charge on any atom is 0.154 e. The Morgan fingerprint density at radius 2 is 2.12 bits per heavy atom. The van der Waals surface area contributed by atoms with E-state index in [9.17, 15) is 0 Å². The number of nitrogens with zero attached hydrogens (tertiary/aromatic N) is 3. The maximum absolute atomic E-state index is 5.73. The third-order valence-corrected chi connectivity index (χ3v) is 3.57. The normalized spacial score (nSPS) is 15.2. The van der Waals surface area contributed by atoms with E-state index in [-0.39, 0.29) is 0 Å². The van der Waals surface area contributed by atoms with Crippen LogP contribution in [0.4, 0.5) is 0 Å². The first-order valence-electron chi connectivity index (χ1n) is 5.70. The molecule has 0 spiro atoms. The summed E-state index contributed by atoms with van der Waals surface area (Å²) in [5, 5.41) is 4.57. The molecule has 2 N–H and O–H groups in total. The van der Waals surface area contributed by atoms with Gasteiger partial charge in [0.2, 0.25) is 0 Å². The second-order valence-electron chi connectivity index (χ2n) is 4.23. The summed E-state index contributed by atoms with van der Waals surface area (Å²) in [6, 6.07) is 7.97. The van der Waals surface area contributed by atoms with E-state index in [0.29, 0.717) is 12.5 Å². The van der Waals surface area contributed by atoms with Crippen molar-refractivity contribution in [1.29, 1.82) is 0 Å². The van der Waals surface area contributed by atoms with Crippen LogP contribution in [0, 0.1) is 0 Å². The predicted octanol–water partition coefficient (Wildman–Crippen LogP) is 2.37. The highest BCUT2D eigenvalue weighted by molar-refractivity contribution is 9.10. The molecule has 88 valence electrons. The highest BCUT2D eigenvalue weighted by Gasteiger charge is 2.29. The van der Waals surface area contributed by atoms with Gasteiger partial charge in [-0.25, -0.2) is 9.67 Å². The molecule has 0 atom stereocenters. The molecule has 1 heterocycles. The molecular formula is C12H13BrN4. The Morgan fingerprint density at radius 3 is 2.76 bits per heavy atom. The van der Waals surface area contributed by atoms with Crippen molar-refractivity contribution < 1.29 is 0 Å². The molecule has 3 rings (SSSR count). The number of benzene rings is 1. The number of hydrogen-bond donors (Lipinski definition) is 1. The molecule has 1 aliphatic carbocycles. The molecule has 1 aromatic carbocycles. The predicted molar refractivity (Wildman–Crippen MR) is 68.9 cm³/mol. The van der Waals surface area contributed by atoms with Crippen LogP contribution in [0.5, 0.6) is 0 Å². The van der Waals surface area contributed by atoms with E-state index in [1.807, 2.05) is 28.9 Å². The van der Waals surface area contributed by atoms with Crippen LogP contribution in [0.25, 0.3) is 5.69 Å². The van der Waals surface area contributed by atoms with Gasteiger partial charge in [0.1, 0.15) is 5.82 Å². The van der Waals surface area contributed by atoms with Gasteiger partial charge in [0.25, 0.3) is 0 Å². The lowest BCUT2D eigenvalue weighted by molar-refractivity contribution is 0.778. The highest BCUT2D eigenvalue weighted by Crippen LogP contribution is 2.38. The summed E-state index contributed by atoms with van der Waals surface area (Å²) in [5.41, 5.74) is 6.73. The summed E-state index contributed by atoms with van der Waals surface area (Å²) < 4.78 is 2.85. The number of aromatic nitrogens is 3. The van der Waals surface area contributed by atoms with E-state index >= 15 is 0 Å². The van der Waals surface area contributed by atoms with Crippen molar-refractivity contribution >= 4 is 15.9 Å². The van der Waals surface area contributed by atoms with E-state index < -0.39 is 0 Å². The SMILES string of the molecule is NCc1nc(C2CC2)nn1-c1ccccc1Br. The van der Waals surface area contributed by atoms with Crippen LogP contribution in [0.15, 0.2) is 28.7 Å². The van der Waals surface area contributed by atoms with Gasteiger partial charge in [0, 0.05) is 10.4 Å². The van der Waals surface area contributed by atoms with Crippen molar-refractivity contribution in [3.63, 3.8) is 0 Å². The fraction of sp³-hybridized carbons (Fsp3) is 0.333. The zero-order chi connectivity index (χ0) is 11.8. The molecule has 1 aliphatic rings. The summed E-state index contributed by atoms with van der Waals surface area (Å²) in [4.78, 5) is 4.51. The Hall–Kier alpha value is -1.20. The minimum atomic E-state index is 0.404. The molecule has 0 saturated heterocycles. The molecule has 1 saturated carbocycles. The van der Waals surface area contributed by atoms with Gasteiger partial charge in [0.05, 0.1) is 12.2 Å². The smallest absolute Gasteiger partial charge is 0.154 e. The Kier molecular flexibility index (Phi) is 2.72. The molecule has 0 unspecified atom stereocenters. The third kappa shape index (κ3) is 2.00. The second-order valence-corrected chi connectivity index (χ2v) is 5.08. The molecule has 17 heavy (non-hydrogen) atoms. The molecule has 0 bridgehead atoms. The van der Waals surface area contributed by atoms with Crippen molar-refractivity contribution in [3.8, 4) is 5.69 Å². The topological polar surface area (TPSA) is 56.7 Å². The summed E-state index contributed by atoms with van der Waals surface area (Å²) in [6.07, 6.45) is 2.40. The highest BCUT2D eigenvalue weighted by atomic mass is 79.9. The summed E-state index contributed by atoms with van der Waals surface area (Å²) in [5.74, 6) is 2.30. The standard InChI is InChI=1S/C12H13BrN4/c13-9-3-1-2-4-10(9)17-11(7-14)15-12(16-17)8-5-6-8/h1-4,8H,5-7,14H2. The van der Waals surface area contributed by atoms with Crippen LogP contribution in [-0.4, -0.2) is 14.8 Å². The maximum atomic E-state index is 5.73. The largest absolute Gasteiger partial charge is 0.324 e. The fourth-order valence-corrected chi connectivity index (χ4v) is 2.28. The molecule has 0 amide bonds. The Labute approximate surface area is 108 Å². The Balaban J connectivity index is 2.09. The van der Waals surface area contributed by atoms with Crippen molar-refractivity contribution in [2.45, 2.75) is 25.3 Å². The summed E-state index contributed by atoms with van der Waals surface area (Å²) in [7, 11) is 0. The van der Waals surface area contributed by atoms with E-state index in [2.05, 4.69) is 26.0 Å². The van der Waals surface area contributed by atoms with Crippen molar-refractivity contribution in [2.24, 2.45) is 5.73 Å². The number of para-hydroxylation sites is 1. The number of hydrogen-bond acceptors (Lipinski definition) is 3. The molecule has 4 nitrogen and oxygen atoms in total. The van der Waals surface area contributed by atoms with E-state index in [1.165, 1.54) is 12.8 Å². The van der Waals surface area contributed by atoms with Crippen molar-refractivity contribution in [3.05, 3.63) is 40.4 Å². The van der Waals surface area contributed by atoms with E-state index in [0.717, 1.165) is 21.8 Å². The first-order valence-corrected chi connectivity index (χ1v) is 6.49. The summed E-state index contributed by atoms with van der Waals surface area (Å²) >= 11 is 3.53. The third-order valence-electron chi connectivity index (χ3n) is 2.90. The van der Waals surface area contributed by atoms with Gasteiger partial charge in [-0.05, 0) is 40.9 Å². The lowest BCUT2D eigenvalue weighted by Crippen LogP contribution is -2.08. The minimum absolute atomic E-state index is 0.404. The Morgan fingerprint density at radius 1 is 1.35 bits per heavy atom. The first kappa shape index (κ1) is 10.9. The molecule has 1 fully saturated rings. The van der Waals surface area contributed by atoms with Gasteiger partial charge in [0.15, 0.2) is 5.82 Å². The zero-order valence-electron chi connectivity index (χ0n) is 9.31. The van der Waals surface area contributed by atoms with Crippen molar-refractivity contribution in [2.75, 3.05) is 0 Å². The molecule has 5 heteroatoms. The van der Waals surface area contributed by atoms with Crippen molar-refractivity contribution in [1.82, 2.24) is 14.8 Å². The lowest BCUT2D eigenvalue weighted by Gasteiger charge is -2.05. The first-order chi connectivity index (χ1) is 8.29. The average Bonchev–Trinajstić information content (AvgIpc) is 3.10. The molecule has 1 aromatic heterocycles. The van der Waals surface area contributed by atoms with Gasteiger partial charge in [-0.3, -0.25) is 0 Å². The average molecular weight is 293 g/mol. The van der Waals surface area contributed by atoms with Crippen LogP contribution < -0.4 is 5.73 Å². The van der Waals surface area contributed by atoms with E-state index in [1.54, 1.807) is 0 Å². The van der Waals surface area contributed by atoms with Gasteiger partial charge in [-0.1, -0.05) is 12.1 Å². The molecule has 2 aromatic rings. The Bertz CT molecular complexity index is 545. The van der Waals surface area contributed by atoms with Crippen LogP contribution >= 0.6 is 15.9 Å². The van der Waals surface area contributed by atoms with Crippen LogP contribution in [0.1, 0.15) is 30.4 Å². The molecular weight excluding hydrogens is 280 g/mol. The zero-order valence-corrected chi connectivity index (χ0v) is 10.9. The second kappa shape index (κ2) is 4.23. The van der Waals surface area contributed by atoms with Gasteiger partial charge >= 0.3 is 0 Å². The van der Waals surface area contributed by atoms with Crippen LogP contribution in [0.2, 0.25) is 0 Å². The number of halogens is 1. The molecule has 0 radical (unpaired) electrons. The quantitative estimate of drug-likeness (QED) is 0.945. The van der Waals surface area contributed by atoms with Gasteiger partial charge < -0.3 is 5.73 Å². The monoisotopic (exact) mass is 292 g/mol. The summed E-state index contributed by atoms with van der Waals surface area (Å²) in [6.45, 7) is 0.404.